The number of nitrogens with one attached hydrogen (secondary N) is 2. The zero-order valence-corrected chi connectivity index (χ0v) is 9.17. The van der Waals surface area contributed by atoms with Gasteiger partial charge in [-0.25, -0.2) is 4.98 Å². The van der Waals surface area contributed by atoms with Gasteiger partial charge in [0, 0.05) is 18.5 Å². The van der Waals surface area contributed by atoms with Gasteiger partial charge in [0.05, 0.1) is 11.1 Å². The molecule has 0 unspecified atom stereocenters. The van der Waals surface area contributed by atoms with Crippen molar-refractivity contribution in [2.75, 3.05) is 11.9 Å². The highest BCUT2D eigenvalue weighted by Crippen LogP contribution is 2.35. The third-order valence-corrected chi connectivity index (χ3v) is 2.97. The number of anilines is 1. The molecule has 94 valence electrons. The largest absolute Gasteiger partial charge is 0.418 e. The highest BCUT2D eigenvalue weighted by atomic mass is 19.4. The SMILES string of the molecule is N=c1nc2c(C(F)(F)F)cccc2c2n1CCN2. The summed E-state index contributed by atoms with van der Waals surface area (Å²) in [5.41, 5.74) is -1.12. The Morgan fingerprint density at radius 2 is 2.11 bits per heavy atom. The molecule has 0 atom stereocenters. The lowest BCUT2D eigenvalue weighted by atomic mass is 10.1. The van der Waals surface area contributed by atoms with Crippen molar-refractivity contribution in [2.45, 2.75) is 12.7 Å². The Morgan fingerprint density at radius 3 is 2.83 bits per heavy atom. The molecule has 18 heavy (non-hydrogen) atoms. The fraction of sp³-hybridized carbons (Fsp3) is 0.273. The molecular weight excluding hydrogens is 245 g/mol. The summed E-state index contributed by atoms with van der Waals surface area (Å²) in [7, 11) is 0. The maximum atomic E-state index is 12.9. The second-order valence-corrected chi connectivity index (χ2v) is 4.06. The Morgan fingerprint density at radius 1 is 1.33 bits per heavy atom. The molecule has 0 saturated carbocycles. The van der Waals surface area contributed by atoms with E-state index in [2.05, 4.69) is 10.3 Å². The predicted molar refractivity (Wildman–Crippen MR) is 59.1 cm³/mol. The standard InChI is InChI=1S/C11H9F3N4/c12-11(13,14)7-3-1-2-6-8(7)17-10(15)18-5-4-16-9(6)18/h1-3,15-16H,4-5H2. The minimum Gasteiger partial charge on any atom is -0.369 e. The number of fused-ring (bicyclic) bond motifs is 3. The van der Waals surface area contributed by atoms with Crippen LogP contribution in [-0.4, -0.2) is 16.1 Å². The van der Waals surface area contributed by atoms with E-state index in [-0.39, 0.29) is 11.1 Å². The summed E-state index contributed by atoms with van der Waals surface area (Å²) in [5, 5.41) is 11.1. The van der Waals surface area contributed by atoms with Crippen LogP contribution in [0.5, 0.6) is 0 Å². The minimum atomic E-state index is -4.46. The molecule has 2 aromatic rings. The average Bonchev–Trinajstić information content (AvgIpc) is 2.77. The number of aromatic nitrogens is 2. The molecule has 0 fully saturated rings. The quantitative estimate of drug-likeness (QED) is 0.755. The molecule has 0 radical (unpaired) electrons. The van der Waals surface area contributed by atoms with Crippen LogP contribution in [0.15, 0.2) is 18.2 Å². The summed E-state index contributed by atoms with van der Waals surface area (Å²) in [6.45, 7) is 1.15. The molecule has 2 heterocycles. The molecule has 7 heteroatoms. The third kappa shape index (κ3) is 1.47. The predicted octanol–water partition coefficient (Wildman–Crippen LogP) is 1.96. The Kier molecular flexibility index (Phi) is 2.13. The van der Waals surface area contributed by atoms with E-state index in [0.717, 1.165) is 6.07 Å². The Bertz CT molecular complexity index is 687. The van der Waals surface area contributed by atoms with Gasteiger partial charge in [0.1, 0.15) is 5.82 Å². The normalized spacial score (nSPS) is 14.6. The van der Waals surface area contributed by atoms with Crippen LogP contribution in [0.2, 0.25) is 0 Å². The van der Waals surface area contributed by atoms with Crippen molar-refractivity contribution < 1.29 is 13.2 Å². The molecule has 0 spiro atoms. The highest BCUT2D eigenvalue weighted by Gasteiger charge is 2.34. The van der Waals surface area contributed by atoms with Crippen molar-refractivity contribution in [2.24, 2.45) is 0 Å². The summed E-state index contributed by atoms with van der Waals surface area (Å²) < 4.78 is 40.2. The van der Waals surface area contributed by atoms with Gasteiger partial charge < -0.3 is 5.32 Å². The van der Waals surface area contributed by atoms with E-state index < -0.39 is 11.7 Å². The van der Waals surface area contributed by atoms with Gasteiger partial charge in [0.15, 0.2) is 0 Å². The first-order chi connectivity index (χ1) is 8.48. The maximum absolute atomic E-state index is 12.9. The van der Waals surface area contributed by atoms with Gasteiger partial charge in [0.25, 0.3) is 0 Å². The van der Waals surface area contributed by atoms with Crippen LogP contribution in [0.3, 0.4) is 0 Å². The maximum Gasteiger partial charge on any atom is 0.418 e. The molecule has 1 aromatic heterocycles. The molecule has 1 aliphatic heterocycles. The Balaban J connectivity index is 2.44. The molecule has 0 bridgehead atoms. The lowest BCUT2D eigenvalue weighted by molar-refractivity contribution is -0.136. The summed E-state index contributed by atoms with van der Waals surface area (Å²) >= 11 is 0. The van der Waals surface area contributed by atoms with Crippen molar-refractivity contribution in [3.63, 3.8) is 0 Å². The molecular formula is C11H9F3N4. The van der Waals surface area contributed by atoms with Crippen LogP contribution >= 0.6 is 0 Å². The van der Waals surface area contributed by atoms with Gasteiger partial charge in [-0.05, 0) is 12.1 Å². The van der Waals surface area contributed by atoms with E-state index in [0.29, 0.717) is 24.3 Å². The number of para-hydroxylation sites is 1. The average molecular weight is 254 g/mol. The molecule has 2 N–H and O–H groups in total. The van der Waals surface area contributed by atoms with Crippen molar-refractivity contribution in [3.8, 4) is 0 Å². The van der Waals surface area contributed by atoms with Crippen molar-refractivity contribution in [1.82, 2.24) is 9.55 Å². The monoisotopic (exact) mass is 254 g/mol. The van der Waals surface area contributed by atoms with E-state index in [4.69, 9.17) is 5.41 Å². The van der Waals surface area contributed by atoms with Crippen LogP contribution in [0.4, 0.5) is 19.0 Å². The first-order valence-corrected chi connectivity index (χ1v) is 5.38. The number of alkyl halides is 3. The molecule has 3 rings (SSSR count). The van der Waals surface area contributed by atoms with Crippen molar-refractivity contribution in [1.29, 1.82) is 5.41 Å². The Hall–Kier alpha value is -2.05. The van der Waals surface area contributed by atoms with Gasteiger partial charge in [-0.15, -0.1) is 0 Å². The van der Waals surface area contributed by atoms with Crippen molar-refractivity contribution in [3.05, 3.63) is 29.4 Å². The molecule has 0 amide bonds. The van der Waals surface area contributed by atoms with Gasteiger partial charge in [-0.1, -0.05) is 6.07 Å². The molecule has 0 saturated heterocycles. The summed E-state index contributed by atoms with van der Waals surface area (Å²) in [4.78, 5) is 3.78. The van der Waals surface area contributed by atoms with Crippen molar-refractivity contribution >= 4 is 16.7 Å². The smallest absolute Gasteiger partial charge is 0.369 e. The minimum absolute atomic E-state index is 0.154. The van der Waals surface area contributed by atoms with Crippen LogP contribution in [0.25, 0.3) is 10.9 Å². The van der Waals surface area contributed by atoms with E-state index >= 15 is 0 Å². The fourth-order valence-corrected chi connectivity index (χ4v) is 2.20. The summed E-state index contributed by atoms with van der Waals surface area (Å²) in [6, 6.07) is 3.93. The zero-order valence-electron chi connectivity index (χ0n) is 9.17. The lowest BCUT2D eigenvalue weighted by Gasteiger charge is -2.12. The van der Waals surface area contributed by atoms with Crippen LogP contribution in [0, 0.1) is 5.41 Å². The zero-order chi connectivity index (χ0) is 12.9. The molecule has 0 aliphatic carbocycles. The van der Waals surface area contributed by atoms with Gasteiger partial charge in [0.2, 0.25) is 5.62 Å². The Labute approximate surface area is 99.6 Å². The van der Waals surface area contributed by atoms with Crippen LogP contribution in [-0.2, 0) is 12.7 Å². The number of hydrogen-bond donors (Lipinski definition) is 2. The number of halogens is 3. The number of nitrogens with zero attached hydrogens (tertiary/aromatic N) is 2. The molecule has 1 aliphatic rings. The van der Waals surface area contributed by atoms with E-state index in [1.807, 2.05) is 0 Å². The first kappa shape index (κ1) is 11.1. The third-order valence-electron chi connectivity index (χ3n) is 2.97. The number of rotatable bonds is 0. The van der Waals surface area contributed by atoms with E-state index in [1.54, 1.807) is 10.6 Å². The van der Waals surface area contributed by atoms with Crippen LogP contribution < -0.4 is 10.9 Å². The number of benzene rings is 1. The topological polar surface area (TPSA) is 53.7 Å². The van der Waals surface area contributed by atoms with E-state index in [9.17, 15) is 13.2 Å². The van der Waals surface area contributed by atoms with Crippen LogP contribution in [0.1, 0.15) is 5.56 Å². The molecule has 4 nitrogen and oxygen atoms in total. The highest BCUT2D eigenvalue weighted by molar-refractivity contribution is 5.92. The second kappa shape index (κ2) is 3.47. The van der Waals surface area contributed by atoms with Gasteiger partial charge >= 0.3 is 6.18 Å². The van der Waals surface area contributed by atoms with Gasteiger partial charge in [-0.3, -0.25) is 9.98 Å². The number of hydrogen-bond acceptors (Lipinski definition) is 3. The molecule has 1 aromatic carbocycles. The summed E-state index contributed by atoms with van der Waals surface area (Å²) in [5.74, 6) is 0.538. The fourth-order valence-electron chi connectivity index (χ4n) is 2.20. The van der Waals surface area contributed by atoms with E-state index in [1.165, 1.54) is 6.07 Å². The summed E-state index contributed by atoms with van der Waals surface area (Å²) in [6.07, 6.45) is -4.46. The van der Waals surface area contributed by atoms with Gasteiger partial charge in [-0.2, -0.15) is 13.2 Å². The lowest BCUT2D eigenvalue weighted by Crippen LogP contribution is -2.22. The second-order valence-electron chi connectivity index (χ2n) is 4.06. The first-order valence-electron chi connectivity index (χ1n) is 5.38.